The van der Waals surface area contributed by atoms with E-state index in [4.69, 9.17) is 5.11 Å². The summed E-state index contributed by atoms with van der Waals surface area (Å²) in [6.07, 6.45) is 0. The number of halogens is 1. The van der Waals surface area contributed by atoms with Gasteiger partial charge >= 0.3 is 5.97 Å². The number of rotatable bonds is 4. The molecule has 112 valence electrons. The number of nitrogens with one attached hydrogen (secondary N) is 1. The van der Waals surface area contributed by atoms with Crippen molar-refractivity contribution in [2.75, 3.05) is 5.32 Å². The zero-order chi connectivity index (χ0) is 16.3. The third-order valence-corrected chi connectivity index (χ3v) is 2.94. The van der Waals surface area contributed by atoms with Crippen molar-refractivity contribution in [3.63, 3.8) is 0 Å². The Bertz CT molecular complexity index is 770. The topological polar surface area (TPSA) is 83.5 Å². The first-order valence-electron chi connectivity index (χ1n) is 6.34. The molecule has 0 bridgehead atoms. The minimum absolute atomic E-state index is 0.0831. The molecular formula is C16H12FNO4. The van der Waals surface area contributed by atoms with Crippen molar-refractivity contribution in [2.24, 2.45) is 0 Å². The van der Waals surface area contributed by atoms with Gasteiger partial charge in [-0.3, -0.25) is 9.59 Å². The van der Waals surface area contributed by atoms with Gasteiger partial charge in [0.1, 0.15) is 5.82 Å². The minimum atomic E-state index is -1.23. The van der Waals surface area contributed by atoms with Gasteiger partial charge in [0.25, 0.3) is 0 Å². The van der Waals surface area contributed by atoms with Crippen LogP contribution in [-0.2, 0) is 4.79 Å². The van der Waals surface area contributed by atoms with Gasteiger partial charge in [-0.05, 0) is 30.3 Å². The average molecular weight is 301 g/mol. The number of carboxylic acid groups (broad SMARTS) is 1. The standard InChI is InChI=1S/C16H12FNO4/c1-9(19)18-14-7-6-10(16(21)22)8-12(14)15(20)11-4-2-3-5-13(11)17/h2-8H,1H3,(H,18,19)(H,21,22). The maximum atomic E-state index is 13.8. The monoisotopic (exact) mass is 301 g/mol. The van der Waals surface area contributed by atoms with E-state index in [1.54, 1.807) is 0 Å². The van der Waals surface area contributed by atoms with Crippen LogP contribution in [0.25, 0.3) is 0 Å². The van der Waals surface area contributed by atoms with E-state index in [0.717, 1.165) is 12.1 Å². The molecule has 5 nitrogen and oxygen atoms in total. The van der Waals surface area contributed by atoms with Crippen LogP contribution in [0, 0.1) is 5.82 Å². The van der Waals surface area contributed by atoms with Gasteiger partial charge < -0.3 is 10.4 Å². The highest BCUT2D eigenvalue weighted by Crippen LogP contribution is 2.22. The van der Waals surface area contributed by atoms with Gasteiger partial charge in [-0.1, -0.05) is 12.1 Å². The van der Waals surface area contributed by atoms with E-state index in [9.17, 15) is 18.8 Å². The maximum absolute atomic E-state index is 13.8. The molecule has 0 saturated carbocycles. The molecule has 0 aliphatic carbocycles. The van der Waals surface area contributed by atoms with E-state index >= 15 is 0 Å². The summed E-state index contributed by atoms with van der Waals surface area (Å²) in [6, 6.07) is 9.03. The molecule has 0 spiro atoms. The van der Waals surface area contributed by atoms with Crippen molar-refractivity contribution in [3.8, 4) is 0 Å². The quantitative estimate of drug-likeness (QED) is 0.850. The number of hydrogen-bond acceptors (Lipinski definition) is 3. The minimum Gasteiger partial charge on any atom is -0.478 e. The Morgan fingerprint density at radius 2 is 1.73 bits per heavy atom. The lowest BCUT2D eigenvalue weighted by Gasteiger charge is -2.10. The number of carbonyl (C=O) groups is 3. The van der Waals surface area contributed by atoms with Crippen LogP contribution < -0.4 is 5.32 Å². The number of ketones is 1. The lowest BCUT2D eigenvalue weighted by atomic mass is 9.99. The van der Waals surface area contributed by atoms with Crippen LogP contribution in [0.4, 0.5) is 10.1 Å². The first-order chi connectivity index (χ1) is 10.4. The Labute approximate surface area is 125 Å². The van der Waals surface area contributed by atoms with E-state index < -0.39 is 23.5 Å². The molecule has 0 radical (unpaired) electrons. The second-order valence-corrected chi connectivity index (χ2v) is 4.56. The van der Waals surface area contributed by atoms with Crippen LogP contribution in [0.15, 0.2) is 42.5 Å². The van der Waals surface area contributed by atoms with Crippen LogP contribution in [0.5, 0.6) is 0 Å². The zero-order valence-electron chi connectivity index (χ0n) is 11.6. The summed E-state index contributed by atoms with van der Waals surface area (Å²) >= 11 is 0. The number of benzene rings is 2. The second-order valence-electron chi connectivity index (χ2n) is 4.56. The summed E-state index contributed by atoms with van der Waals surface area (Å²) in [4.78, 5) is 34.7. The Hall–Kier alpha value is -3.02. The van der Waals surface area contributed by atoms with Gasteiger partial charge in [0.05, 0.1) is 16.8 Å². The molecular weight excluding hydrogens is 289 g/mol. The molecule has 2 N–H and O–H groups in total. The fraction of sp³-hybridized carbons (Fsp3) is 0.0625. The Kier molecular flexibility index (Phi) is 4.31. The third kappa shape index (κ3) is 3.17. The molecule has 0 aliphatic heterocycles. The Morgan fingerprint density at radius 1 is 1.05 bits per heavy atom. The number of anilines is 1. The smallest absolute Gasteiger partial charge is 0.335 e. The molecule has 6 heteroatoms. The molecule has 0 atom stereocenters. The van der Waals surface area contributed by atoms with Crippen molar-refractivity contribution < 1.29 is 23.9 Å². The van der Waals surface area contributed by atoms with Crippen molar-refractivity contribution in [3.05, 3.63) is 65.0 Å². The molecule has 0 aliphatic rings. The summed E-state index contributed by atoms with van der Waals surface area (Å²) in [7, 11) is 0. The molecule has 0 aromatic heterocycles. The van der Waals surface area contributed by atoms with Crippen molar-refractivity contribution in [2.45, 2.75) is 6.92 Å². The van der Waals surface area contributed by atoms with Crippen molar-refractivity contribution >= 4 is 23.3 Å². The lowest BCUT2D eigenvalue weighted by Crippen LogP contribution is -2.13. The fourth-order valence-corrected chi connectivity index (χ4v) is 1.95. The van der Waals surface area contributed by atoms with Crippen LogP contribution in [-0.4, -0.2) is 22.8 Å². The maximum Gasteiger partial charge on any atom is 0.335 e. The summed E-state index contributed by atoms with van der Waals surface area (Å²) in [6.45, 7) is 1.25. The average Bonchev–Trinajstić information content (AvgIpc) is 2.46. The Morgan fingerprint density at radius 3 is 2.32 bits per heavy atom. The van der Waals surface area contributed by atoms with E-state index in [1.807, 2.05) is 0 Å². The molecule has 0 heterocycles. The fourth-order valence-electron chi connectivity index (χ4n) is 1.95. The van der Waals surface area contributed by atoms with Crippen LogP contribution >= 0.6 is 0 Å². The molecule has 2 rings (SSSR count). The largest absolute Gasteiger partial charge is 0.478 e. The number of hydrogen-bond donors (Lipinski definition) is 2. The SMILES string of the molecule is CC(=O)Nc1ccc(C(=O)O)cc1C(=O)c1ccccc1F. The van der Waals surface area contributed by atoms with E-state index in [2.05, 4.69) is 5.32 Å². The predicted molar refractivity (Wildman–Crippen MR) is 77.5 cm³/mol. The summed E-state index contributed by atoms with van der Waals surface area (Å²) < 4.78 is 13.8. The number of carboxylic acids is 1. The van der Waals surface area contributed by atoms with Gasteiger partial charge in [0.2, 0.25) is 5.91 Å². The number of amides is 1. The number of aromatic carboxylic acids is 1. The molecule has 22 heavy (non-hydrogen) atoms. The van der Waals surface area contributed by atoms with E-state index in [1.165, 1.54) is 37.3 Å². The lowest BCUT2D eigenvalue weighted by molar-refractivity contribution is -0.114. The van der Waals surface area contributed by atoms with Gasteiger partial charge in [-0.15, -0.1) is 0 Å². The molecule has 1 amide bonds. The first-order valence-corrected chi connectivity index (χ1v) is 6.34. The molecule has 0 fully saturated rings. The van der Waals surface area contributed by atoms with E-state index in [-0.39, 0.29) is 22.4 Å². The van der Waals surface area contributed by atoms with Gasteiger partial charge in [0.15, 0.2) is 5.78 Å². The Balaban J connectivity index is 2.57. The summed E-state index contributed by atoms with van der Waals surface area (Å²) in [5.41, 5.74) is -0.281. The first kappa shape index (κ1) is 15.4. The molecule has 0 saturated heterocycles. The summed E-state index contributed by atoms with van der Waals surface area (Å²) in [5.74, 6) is -3.07. The van der Waals surface area contributed by atoms with Crippen LogP contribution in [0.1, 0.15) is 33.2 Å². The van der Waals surface area contributed by atoms with Gasteiger partial charge in [-0.2, -0.15) is 0 Å². The van der Waals surface area contributed by atoms with Crippen LogP contribution in [0.3, 0.4) is 0 Å². The predicted octanol–water partition coefficient (Wildman–Crippen LogP) is 2.71. The third-order valence-electron chi connectivity index (χ3n) is 2.94. The number of carbonyl (C=O) groups excluding carboxylic acids is 2. The molecule has 2 aromatic rings. The highest BCUT2D eigenvalue weighted by molar-refractivity contribution is 6.14. The molecule has 2 aromatic carbocycles. The van der Waals surface area contributed by atoms with E-state index in [0.29, 0.717) is 0 Å². The van der Waals surface area contributed by atoms with Gasteiger partial charge in [0, 0.05) is 12.5 Å². The normalized spacial score (nSPS) is 10.1. The van der Waals surface area contributed by atoms with Crippen LogP contribution in [0.2, 0.25) is 0 Å². The van der Waals surface area contributed by atoms with Gasteiger partial charge in [-0.25, -0.2) is 9.18 Å². The second kappa shape index (κ2) is 6.17. The van der Waals surface area contributed by atoms with Crippen molar-refractivity contribution in [1.82, 2.24) is 0 Å². The highest BCUT2D eigenvalue weighted by atomic mass is 19.1. The van der Waals surface area contributed by atoms with Crippen molar-refractivity contribution in [1.29, 1.82) is 0 Å². The molecule has 0 unspecified atom stereocenters. The zero-order valence-corrected chi connectivity index (χ0v) is 11.6. The summed E-state index contributed by atoms with van der Waals surface area (Å²) in [5, 5.41) is 11.5. The highest BCUT2D eigenvalue weighted by Gasteiger charge is 2.19.